The number of hydrogen-bond donors (Lipinski definition) is 2. The molecule has 1 saturated heterocycles. The van der Waals surface area contributed by atoms with Gasteiger partial charge in [-0.25, -0.2) is 4.39 Å². The van der Waals surface area contributed by atoms with Gasteiger partial charge in [0.15, 0.2) is 0 Å². The van der Waals surface area contributed by atoms with Crippen LogP contribution in [0.15, 0.2) is 42.5 Å². The molecule has 0 aliphatic carbocycles. The fourth-order valence-corrected chi connectivity index (χ4v) is 3.19. The highest BCUT2D eigenvalue weighted by Crippen LogP contribution is 2.31. The van der Waals surface area contributed by atoms with E-state index in [9.17, 15) is 14.0 Å². The van der Waals surface area contributed by atoms with Gasteiger partial charge in [-0.1, -0.05) is 37.3 Å². The zero-order chi connectivity index (χ0) is 18.0. The van der Waals surface area contributed by atoms with Crippen molar-refractivity contribution >= 4 is 17.5 Å². The molecule has 2 amide bonds. The van der Waals surface area contributed by atoms with E-state index < -0.39 is 11.8 Å². The van der Waals surface area contributed by atoms with Crippen LogP contribution in [0.4, 0.5) is 10.1 Å². The van der Waals surface area contributed by atoms with Crippen LogP contribution < -0.4 is 10.6 Å². The van der Waals surface area contributed by atoms with Gasteiger partial charge in [-0.15, -0.1) is 0 Å². The predicted molar refractivity (Wildman–Crippen MR) is 94.8 cm³/mol. The molecule has 2 atom stereocenters. The van der Waals surface area contributed by atoms with E-state index in [-0.39, 0.29) is 17.6 Å². The molecule has 2 aromatic carbocycles. The molecule has 0 unspecified atom stereocenters. The summed E-state index contributed by atoms with van der Waals surface area (Å²) in [6, 6.07) is 12.5. The number of anilines is 1. The van der Waals surface area contributed by atoms with Gasteiger partial charge < -0.3 is 10.6 Å². The molecule has 2 N–H and O–H groups in total. The second kappa shape index (κ2) is 7.05. The van der Waals surface area contributed by atoms with Gasteiger partial charge in [-0.3, -0.25) is 9.59 Å². The quantitative estimate of drug-likeness (QED) is 0.840. The molecule has 0 saturated carbocycles. The van der Waals surface area contributed by atoms with Gasteiger partial charge in [0.2, 0.25) is 11.8 Å². The van der Waals surface area contributed by atoms with Crippen molar-refractivity contribution in [1.29, 1.82) is 0 Å². The van der Waals surface area contributed by atoms with Crippen molar-refractivity contribution < 1.29 is 14.0 Å². The predicted octanol–water partition coefficient (Wildman–Crippen LogP) is 3.16. The minimum atomic E-state index is -0.824. The summed E-state index contributed by atoms with van der Waals surface area (Å²) in [5.74, 6) is -2.15. The summed E-state index contributed by atoms with van der Waals surface area (Å²) < 4.78 is 13.7. The third-order valence-corrected chi connectivity index (χ3v) is 4.81. The molecule has 1 aliphatic heterocycles. The largest absolute Gasteiger partial charge is 0.355 e. The van der Waals surface area contributed by atoms with Crippen LogP contribution in [0, 0.1) is 18.7 Å². The molecule has 130 valence electrons. The summed E-state index contributed by atoms with van der Waals surface area (Å²) in [6.45, 7) is 4.10. The highest BCUT2D eigenvalue weighted by molar-refractivity contribution is 6.08. The minimum Gasteiger partial charge on any atom is -0.355 e. The number of nitrogens with one attached hydrogen (secondary N) is 2. The van der Waals surface area contributed by atoms with E-state index in [0.717, 1.165) is 12.0 Å². The minimum absolute atomic E-state index is 0.229. The van der Waals surface area contributed by atoms with Crippen molar-refractivity contribution in [2.24, 2.45) is 5.92 Å². The topological polar surface area (TPSA) is 58.2 Å². The lowest BCUT2D eigenvalue weighted by Gasteiger charge is -2.18. The lowest BCUT2D eigenvalue weighted by atomic mass is 9.87. The van der Waals surface area contributed by atoms with E-state index in [2.05, 4.69) is 17.6 Å². The maximum atomic E-state index is 13.7. The van der Waals surface area contributed by atoms with Crippen molar-refractivity contribution in [1.82, 2.24) is 5.32 Å². The molecule has 4 nitrogen and oxygen atoms in total. The van der Waals surface area contributed by atoms with Crippen LogP contribution in [-0.2, 0) is 16.0 Å². The molecule has 0 spiro atoms. The van der Waals surface area contributed by atoms with Crippen molar-refractivity contribution in [3.8, 4) is 0 Å². The number of benzene rings is 2. The lowest BCUT2D eigenvalue weighted by Crippen LogP contribution is -2.32. The second-order valence-corrected chi connectivity index (χ2v) is 6.33. The first kappa shape index (κ1) is 17.1. The SMILES string of the molecule is CCc1ccc([C@H]2CNC(=O)[C@@H]2C(=O)Nc2cccc(F)c2C)cc1. The average molecular weight is 340 g/mol. The van der Waals surface area contributed by atoms with Gasteiger partial charge in [0.1, 0.15) is 11.7 Å². The maximum Gasteiger partial charge on any atom is 0.237 e. The standard InChI is InChI=1S/C20H21FN2O2/c1-3-13-7-9-14(10-8-13)15-11-22-19(24)18(15)20(25)23-17-6-4-5-16(21)12(17)2/h4-10,15,18H,3,11H2,1-2H3,(H,22,24)(H,23,25)/t15-,18-/m1/s1. The summed E-state index contributed by atoms with van der Waals surface area (Å²) >= 11 is 0. The number of carbonyl (C=O) groups is 2. The molecule has 1 heterocycles. The number of amides is 2. The molecular weight excluding hydrogens is 319 g/mol. The molecule has 1 fully saturated rings. The fraction of sp³-hybridized carbons (Fsp3) is 0.300. The Morgan fingerprint density at radius 1 is 1.24 bits per heavy atom. The van der Waals surface area contributed by atoms with Gasteiger partial charge in [0.05, 0.1) is 0 Å². The van der Waals surface area contributed by atoms with Gasteiger partial charge >= 0.3 is 0 Å². The summed E-state index contributed by atoms with van der Waals surface area (Å²) in [5, 5.41) is 5.47. The first-order chi connectivity index (χ1) is 12.0. The number of carbonyl (C=O) groups excluding carboxylic acids is 2. The van der Waals surface area contributed by atoms with Crippen LogP contribution in [0.2, 0.25) is 0 Å². The Kier molecular flexibility index (Phi) is 4.83. The van der Waals surface area contributed by atoms with Crippen LogP contribution in [0.25, 0.3) is 0 Å². The maximum absolute atomic E-state index is 13.7. The monoisotopic (exact) mass is 340 g/mol. The van der Waals surface area contributed by atoms with Crippen molar-refractivity contribution in [3.63, 3.8) is 0 Å². The lowest BCUT2D eigenvalue weighted by molar-refractivity contribution is -0.130. The molecular formula is C20H21FN2O2. The van der Waals surface area contributed by atoms with Gasteiger partial charge in [0.25, 0.3) is 0 Å². The highest BCUT2D eigenvalue weighted by Gasteiger charge is 2.41. The van der Waals surface area contributed by atoms with Crippen LogP contribution in [0.3, 0.4) is 0 Å². The summed E-state index contributed by atoms with van der Waals surface area (Å²) in [4.78, 5) is 24.9. The molecule has 25 heavy (non-hydrogen) atoms. The first-order valence-corrected chi connectivity index (χ1v) is 8.43. The smallest absolute Gasteiger partial charge is 0.237 e. The third-order valence-electron chi connectivity index (χ3n) is 4.81. The van der Waals surface area contributed by atoms with Crippen LogP contribution in [0.5, 0.6) is 0 Å². The zero-order valence-electron chi connectivity index (χ0n) is 14.3. The molecule has 1 aliphatic rings. The first-order valence-electron chi connectivity index (χ1n) is 8.43. The Morgan fingerprint density at radius 2 is 1.96 bits per heavy atom. The number of aryl methyl sites for hydroxylation is 1. The zero-order valence-corrected chi connectivity index (χ0v) is 14.3. The van der Waals surface area contributed by atoms with Crippen molar-refractivity contribution in [2.75, 3.05) is 11.9 Å². The van der Waals surface area contributed by atoms with E-state index in [0.29, 0.717) is 17.8 Å². The molecule has 3 rings (SSSR count). The van der Waals surface area contributed by atoms with E-state index in [1.165, 1.54) is 17.7 Å². The Balaban J connectivity index is 1.83. The van der Waals surface area contributed by atoms with Gasteiger partial charge in [0, 0.05) is 23.7 Å². The Hall–Kier alpha value is -2.69. The van der Waals surface area contributed by atoms with Crippen LogP contribution >= 0.6 is 0 Å². The van der Waals surface area contributed by atoms with Crippen molar-refractivity contribution in [2.45, 2.75) is 26.2 Å². The molecule has 0 bridgehead atoms. The Labute approximate surface area is 146 Å². The van der Waals surface area contributed by atoms with Gasteiger partial charge in [-0.05, 0) is 36.6 Å². The molecule has 0 radical (unpaired) electrons. The number of halogens is 1. The second-order valence-electron chi connectivity index (χ2n) is 6.33. The van der Waals surface area contributed by atoms with E-state index in [1.807, 2.05) is 24.3 Å². The summed E-state index contributed by atoms with van der Waals surface area (Å²) in [7, 11) is 0. The average Bonchev–Trinajstić information content (AvgIpc) is 3.00. The number of hydrogen-bond acceptors (Lipinski definition) is 2. The highest BCUT2D eigenvalue weighted by atomic mass is 19.1. The van der Waals surface area contributed by atoms with Crippen LogP contribution in [0.1, 0.15) is 29.5 Å². The normalized spacial score (nSPS) is 19.6. The van der Waals surface area contributed by atoms with Crippen LogP contribution in [-0.4, -0.2) is 18.4 Å². The van der Waals surface area contributed by atoms with E-state index in [1.54, 1.807) is 13.0 Å². The number of rotatable bonds is 4. The molecule has 2 aromatic rings. The van der Waals surface area contributed by atoms with E-state index in [4.69, 9.17) is 0 Å². The molecule has 5 heteroatoms. The van der Waals surface area contributed by atoms with Gasteiger partial charge in [-0.2, -0.15) is 0 Å². The Bertz CT molecular complexity index is 802. The molecule has 0 aromatic heterocycles. The summed E-state index contributed by atoms with van der Waals surface area (Å²) in [6.07, 6.45) is 0.935. The van der Waals surface area contributed by atoms with E-state index >= 15 is 0 Å². The third kappa shape index (κ3) is 3.40. The van der Waals surface area contributed by atoms with Crippen molar-refractivity contribution in [3.05, 3.63) is 65.0 Å². The fourth-order valence-electron chi connectivity index (χ4n) is 3.19. The Morgan fingerprint density at radius 3 is 2.64 bits per heavy atom. The summed E-state index contributed by atoms with van der Waals surface area (Å²) in [5.41, 5.74) is 2.91.